The van der Waals surface area contributed by atoms with E-state index < -0.39 is 29.2 Å². The third kappa shape index (κ3) is 7.87. The fraction of sp³-hybridized carbons (Fsp3) is 0.233. The van der Waals surface area contributed by atoms with E-state index in [9.17, 15) is 9.59 Å². The molecule has 0 fully saturated rings. The fourth-order valence-corrected chi connectivity index (χ4v) is 6.30. The van der Waals surface area contributed by atoms with Crippen LogP contribution in [0, 0.1) is 13.8 Å². The molecule has 2 amide bonds. The van der Waals surface area contributed by atoms with Crippen molar-refractivity contribution in [3.05, 3.63) is 167 Å². The van der Waals surface area contributed by atoms with E-state index in [0.717, 1.165) is 50.4 Å². The Labute approximate surface area is 299 Å². The van der Waals surface area contributed by atoms with Crippen LogP contribution in [0.3, 0.4) is 0 Å². The van der Waals surface area contributed by atoms with Crippen LogP contribution in [0.4, 0.5) is 4.79 Å². The number of para-hydroxylation sites is 1. The maximum absolute atomic E-state index is 14.3. The lowest BCUT2D eigenvalue weighted by Gasteiger charge is -2.35. The van der Waals surface area contributed by atoms with Crippen molar-refractivity contribution in [1.29, 1.82) is 0 Å². The van der Waals surface area contributed by atoms with Crippen LogP contribution < -0.4 is 10.8 Å². The van der Waals surface area contributed by atoms with Crippen LogP contribution >= 0.6 is 0 Å². The number of aryl methyl sites for hydroxylation is 3. The maximum Gasteiger partial charge on any atom is 0.408 e. The number of carbonyl (C=O) groups is 2. The number of hydroxylamine groups is 1. The number of rotatable bonds is 11. The van der Waals surface area contributed by atoms with Crippen molar-refractivity contribution < 1.29 is 19.2 Å². The number of ether oxygens (including phenoxy) is 1. The first kappa shape index (κ1) is 35.1. The molecule has 1 heterocycles. The van der Waals surface area contributed by atoms with Gasteiger partial charge in [0.2, 0.25) is 0 Å². The van der Waals surface area contributed by atoms with E-state index in [-0.39, 0.29) is 6.42 Å². The molecule has 0 radical (unpaired) electrons. The molecule has 0 saturated carbocycles. The summed E-state index contributed by atoms with van der Waals surface area (Å²) in [5.74, 6) is 0.236. The van der Waals surface area contributed by atoms with Gasteiger partial charge in [-0.3, -0.25) is 14.2 Å². The number of amides is 2. The third-order valence-corrected chi connectivity index (χ3v) is 8.86. The number of nitrogens with zero attached hydrogens (tertiary/aromatic N) is 2. The van der Waals surface area contributed by atoms with E-state index in [1.54, 1.807) is 20.8 Å². The van der Waals surface area contributed by atoms with Crippen LogP contribution in [-0.4, -0.2) is 33.2 Å². The van der Waals surface area contributed by atoms with Gasteiger partial charge in [-0.2, -0.15) is 0 Å². The molecule has 0 saturated heterocycles. The van der Waals surface area contributed by atoms with Gasteiger partial charge >= 0.3 is 6.09 Å². The van der Waals surface area contributed by atoms with Gasteiger partial charge in [0.05, 0.1) is 11.0 Å². The van der Waals surface area contributed by atoms with Gasteiger partial charge in [0.15, 0.2) is 5.60 Å². The van der Waals surface area contributed by atoms with Gasteiger partial charge in [-0.05, 0) is 93.1 Å². The first-order valence-electron chi connectivity index (χ1n) is 17.2. The molecular weight excluding hydrogens is 636 g/mol. The minimum atomic E-state index is -1.20. The molecule has 6 rings (SSSR count). The van der Waals surface area contributed by atoms with Crippen molar-refractivity contribution in [2.45, 2.75) is 64.7 Å². The van der Waals surface area contributed by atoms with Crippen LogP contribution in [0.2, 0.25) is 0 Å². The largest absolute Gasteiger partial charge is 0.444 e. The molecule has 6 aromatic rings. The predicted molar refractivity (Wildman–Crippen MR) is 200 cm³/mol. The molecule has 0 bridgehead atoms. The Morgan fingerprint density at radius 1 is 0.725 bits per heavy atom. The topological polar surface area (TPSA) is 94.5 Å². The van der Waals surface area contributed by atoms with Gasteiger partial charge in [0.25, 0.3) is 5.91 Å². The summed E-state index contributed by atoms with van der Waals surface area (Å²) in [5.41, 5.74) is 8.37. The average molecular weight is 681 g/mol. The first-order valence-corrected chi connectivity index (χ1v) is 17.2. The lowest BCUT2D eigenvalue weighted by Crippen LogP contribution is -2.50. The Morgan fingerprint density at radius 2 is 1.22 bits per heavy atom. The zero-order valence-corrected chi connectivity index (χ0v) is 29.7. The van der Waals surface area contributed by atoms with Gasteiger partial charge in [0.1, 0.15) is 17.5 Å². The van der Waals surface area contributed by atoms with Crippen LogP contribution in [0.25, 0.3) is 16.7 Å². The Kier molecular flexibility index (Phi) is 10.3. The Morgan fingerprint density at radius 3 is 1.73 bits per heavy atom. The van der Waals surface area contributed by atoms with Crippen LogP contribution in [0.1, 0.15) is 60.8 Å². The molecule has 0 unspecified atom stereocenters. The highest BCUT2D eigenvalue weighted by Crippen LogP contribution is 2.39. The second-order valence-electron chi connectivity index (χ2n) is 13.7. The minimum Gasteiger partial charge on any atom is -0.444 e. The summed E-state index contributed by atoms with van der Waals surface area (Å²) in [5, 5.41) is 2.82. The summed E-state index contributed by atoms with van der Waals surface area (Å²) in [6.45, 7) is 9.50. The lowest BCUT2D eigenvalue weighted by molar-refractivity contribution is -0.145. The van der Waals surface area contributed by atoms with E-state index in [1.165, 1.54) is 0 Å². The lowest BCUT2D eigenvalue weighted by atomic mass is 9.80. The molecule has 1 aromatic heterocycles. The Hall–Kier alpha value is -5.73. The molecule has 2 N–H and O–H groups in total. The molecule has 5 aromatic carbocycles. The monoisotopic (exact) mass is 680 g/mol. The minimum absolute atomic E-state index is 0.220. The van der Waals surface area contributed by atoms with E-state index >= 15 is 0 Å². The number of hydrogen-bond donors (Lipinski definition) is 2. The van der Waals surface area contributed by atoms with Crippen LogP contribution in [-0.2, 0) is 26.4 Å². The summed E-state index contributed by atoms with van der Waals surface area (Å²) in [4.78, 5) is 39.1. The van der Waals surface area contributed by atoms with Crippen molar-refractivity contribution in [2.75, 3.05) is 0 Å². The molecule has 1 atom stereocenters. The molecule has 260 valence electrons. The summed E-state index contributed by atoms with van der Waals surface area (Å²) >= 11 is 0. The number of fused-ring (bicyclic) bond motifs is 1. The van der Waals surface area contributed by atoms with Crippen molar-refractivity contribution >= 4 is 23.0 Å². The normalized spacial score (nSPS) is 12.3. The van der Waals surface area contributed by atoms with Crippen LogP contribution in [0.15, 0.2) is 133 Å². The van der Waals surface area contributed by atoms with E-state index in [0.29, 0.717) is 6.42 Å². The highest BCUT2D eigenvalue weighted by Gasteiger charge is 2.40. The Balaban J connectivity index is 1.36. The van der Waals surface area contributed by atoms with Gasteiger partial charge in [-0.15, -0.1) is 0 Å². The van der Waals surface area contributed by atoms with E-state index in [1.807, 2.05) is 121 Å². The third-order valence-electron chi connectivity index (χ3n) is 8.86. The first-order chi connectivity index (χ1) is 24.5. The Bertz CT molecular complexity index is 1990. The van der Waals surface area contributed by atoms with Crippen molar-refractivity contribution in [2.24, 2.45) is 0 Å². The van der Waals surface area contributed by atoms with Gasteiger partial charge in [-0.25, -0.2) is 15.3 Å². The van der Waals surface area contributed by atoms with Crippen LogP contribution in [0.5, 0.6) is 0 Å². The number of aromatic nitrogens is 2. The van der Waals surface area contributed by atoms with Gasteiger partial charge in [-0.1, -0.05) is 109 Å². The molecule has 0 aliphatic carbocycles. The summed E-state index contributed by atoms with van der Waals surface area (Å²) in [7, 11) is 0. The van der Waals surface area contributed by atoms with E-state index in [4.69, 9.17) is 14.6 Å². The van der Waals surface area contributed by atoms with Crippen molar-refractivity contribution in [1.82, 2.24) is 20.3 Å². The highest BCUT2D eigenvalue weighted by atomic mass is 16.7. The van der Waals surface area contributed by atoms with Crippen molar-refractivity contribution in [3.63, 3.8) is 0 Å². The summed E-state index contributed by atoms with van der Waals surface area (Å²) in [6, 6.07) is 42.5. The zero-order chi connectivity index (χ0) is 36.0. The molecule has 8 nitrogen and oxygen atoms in total. The standard InChI is InChI=1S/C43H44N4O4/c1-30-28-37-38(29-31(30)2)47(35-24-16-9-17-25-35)39(44-37)27-26-36(45-41(49)50-42(3,4)5)40(48)46-51-43(32-18-10-6-11-19-32,33-20-12-7-13-21-33)34-22-14-8-15-23-34/h6-25,28-29,36H,26-27H2,1-5H3,(H,45,49)(H,46,48)/t36-/m1/s1. The zero-order valence-electron chi connectivity index (χ0n) is 29.7. The maximum atomic E-state index is 14.3. The SMILES string of the molecule is Cc1cc2nc(CC[C@@H](NC(=O)OC(C)(C)C)C(=O)NOC(c3ccccc3)(c3ccccc3)c3ccccc3)n(-c3ccccc3)c2cc1C. The number of alkyl carbamates (subject to hydrolysis) is 1. The van der Waals surface area contributed by atoms with Gasteiger partial charge in [0, 0.05) is 12.1 Å². The molecule has 8 heteroatoms. The number of carbonyl (C=O) groups excluding carboxylic acids is 2. The molecular formula is C43H44N4O4. The second-order valence-corrected chi connectivity index (χ2v) is 13.7. The average Bonchev–Trinajstić information content (AvgIpc) is 3.48. The molecule has 0 aliphatic heterocycles. The fourth-order valence-electron chi connectivity index (χ4n) is 6.30. The summed E-state index contributed by atoms with van der Waals surface area (Å²) in [6.07, 6.45) is -0.111. The predicted octanol–water partition coefficient (Wildman–Crippen LogP) is 8.51. The summed E-state index contributed by atoms with van der Waals surface area (Å²) < 4.78 is 7.72. The number of hydrogen-bond acceptors (Lipinski definition) is 5. The number of imidazole rings is 1. The molecule has 0 aliphatic rings. The quantitative estimate of drug-likeness (QED) is 0.106. The molecule has 0 spiro atoms. The smallest absolute Gasteiger partial charge is 0.408 e. The number of benzene rings is 5. The van der Waals surface area contributed by atoms with Gasteiger partial charge < -0.3 is 10.1 Å². The molecule has 51 heavy (non-hydrogen) atoms. The number of nitrogens with one attached hydrogen (secondary N) is 2. The highest BCUT2D eigenvalue weighted by molar-refractivity contribution is 5.85. The van der Waals surface area contributed by atoms with Crippen molar-refractivity contribution in [3.8, 4) is 5.69 Å². The second kappa shape index (κ2) is 15.0. The van der Waals surface area contributed by atoms with E-state index in [2.05, 4.69) is 41.3 Å².